The summed E-state index contributed by atoms with van der Waals surface area (Å²) in [6, 6.07) is 13.6. The van der Waals surface area contributed by atoms with E-state index in [1.807, 2.05) is 63.2 Å². The van der Waals surface area contributed by atoms with E-state index in [4.69, 9.17) is 4.74 Å². The molecule has 0 aliphatic heterocycles. The summed E-state index contributed by atoms with van der Waals surface area (Å²) in [6.45, 7) is 5.88. The van der Waals surface area contributed by atoms with E-state index in [1.54, 1.807) is 0 Å². The third-order valence-electron chi connectivity index (χ3n) is 4.87. The van der Waals surface area contributed by atoms with Gasteiger partial charge < -0.3 is 15.4 Å². The van der Waals surface area contributed by atoms with Gasteiger partial charge >= 0.3 is 0 Å². The molecule has 2 aromatic rings. The van der Waals surface area contributed by atoms with E-state index in [-0.39, 0.29) is 11.9 Å². The topological polar surface area (TPSA) is 50.4 Å². The van der Waals surface area contributed by atoms with Gasteiger partial charge in [0.15, 0.2) is 0 Å². The molecule has 0 aromatic heterocycles. The van der Waals surface area contributed by atoms with Crippen molar-refractivity contribution < 1.29 is 9.53 Å². The summed E-state index contributed by atoms with van der Waals surface area (Å²) < 4.78 is 6.04. The summed E-state index contributed by atoms with van der Waals surface area (Å²) in [5.41, 5.74) is 3.94. The second kappa shape index (κ2) is 8.26. The summed E-state index contributed by atoms with van der Waals surface area (Å²) in [4.78, 5) is 12.5. The number of ether oxygens (including phenoxy) is 1. The van der Waals surface area contributed by atoms with Crippen molar-refractivity contribution in [2.24, 2.45) is 0 Å². The van der Waals surface area contributed by atoms with Crippen LogP contribution in [0.2, 0.25) is 0 Å². The molecule has 0 unspecified atom stereocenters. The van der Waals surface area contributed by atoms with E-state index in [9.17, 15) is 4.79 Å². The van der Waals surface area contributed by atoms with Gasteiger partial charge in [-0.3, -0.25) is 4.79 Å². The number of carbonyl (C=O) groups is 1. The average molecular weight is 352 g/mol. The number of nitrogens with one attached hydrogen (secondary N) is 2. The molecule has 0 heterocycles. The van der Waals surface area contributed by atoms with Crippen molar-refractivity contribution in [2.45, 2.75) is 58.6 Å². The Bertz CT molecular complexity index is 766. The molecular formula is C22H28N2O2. The Morgan fingerprint density at radius 3 is 2.65 bits per heavy atom. The van der Waals surface area contributed by atoms with Crippen LogP contribution in [0.25, 0.3) is 0 Å². The first kappa shape index (κ1) is 18.3. The predicted molar refractivity (Wildman–Crippen MR) is 107 cm³/mol. The summed E-state index contributed by atoms with van der Waals surface area (Å²) >= 11 is 0. The van der Waals surface area contributed by atoms with Gasteiger partial charge in [-0.1, -0.05) is 18.2 Å². The van der Waals surface area contributed by atoms with Gasteiger partial charge in [-0.15, -0.1) is 0 Å². The number of rotatable bonds is 6. The molecule has 2 aromatic carbocycles. The molecule has 0 bridgehead atoms. The van der Waals surface area contributed by atoms with Crippen LogP contribution >= 0.6 is 0 Å². The van der Waals surface area contributed by atoms with Gasteiger partial charge in [0.25, 0.3) is 0 Å². The minimum absolute atomic E-state index is 0.0548. The molecule has 0 radical (unpaired) electrons. The Morgan fingerprint density at radius 1 is 1.12 bits per heavy atom. The van der Waals surface area contributed by atoms with Crippen molar-refractivity contribution >= 4 is 17.3 Å². The lowest BCUT2D eigenvalue weighted by molar-refractivity contribution is -0.116. The molecule has 4 heteroatoms. The van der Waals surface area contributed by atoms with Crippen LogP contribution in [-0.2, 0) is 4.79 Å². The Balaban J connectivity index is 1.60. The zero-order valence-electron chi connectivity index (χ0n) is 15.8. The van der Waals surface area contributed by atoms with E-state index >= 15 is 0 Å². The van der Waals surface area contributed by atoms with Crippen LogP contribution in [-0.4, -0.2) is 18.1 Å². The molecule has 0 saturated heterocycles. The fourth-order valence-corrected chi connectivity index (χ4v) is 3.28. The van der Waals surface area contributed by atoms with Crippen LogP contribution in [0.15, 0.2) is 42.5 Å². The van der Waals surface area contributed by atoms with Crippen molar-refractivity contribution in [3.63, 3.8) is 0 Å². The zero-order valence-corrected chi connectivity index (χ0v) is 15.8. The summed E-state index contributed by atoms with van der Waals surface area (Å²) in [5, 5.41) is 6.28. The van der Waals surface area contributed by atoms with E-state index in [0.29, 0.717) is 6.10 Å². The van der Waals surface area contributed by atoms with Crippen molar-refractivity contribution in [1.29, 1.82) is 0 Å². The number of hydrogen-bond acceptors (Lipinski definition) is 3. The molecule has 0 spiro atoms. The lowest BCUT2D eigenvalue weighted by Crippen LogP contribution is -2.32. The first-order chi connectivity index (χ1) is 12.5. The fourth-order valence-electron chi connectivity index (χ4n) is 3.28. The minimum Gasteiger partial charge on any atom is -0.490 e. The van der Waals surface area contributed by atoms with Crippen molar-refractivity contribution in [3.8, 4) is 5.75 Å². The second-order valence-corrected chi connectivity index (χ2v) is 7.23. The molecule has 1 atom stereocenters. The largest absolute Gasteiger partial charge is 0.490 e. The number of carbonyl (C=O) groups excluding carboxylic acids is 1. The van der Waals surface area contributed by atoms with Crippen LogP contribution in [0.5, 0.6) is 5.75 Å². The third-order valence-corrected chi connectivity index (χ3v) is 4.87. The van der Waals surface area contributed by atoms with Gasteiger partial charge in [-0.25, -0.2) is 0 Å². The Labute approximate surface area is 156 Å². The lowest BCUT2D eigenvalue weighted by Gasteiger charge is -2.18. The van der Waals surface area contributed by atoms with Crippen molar-refractivity contribution in [2.75, 3.05) is 10.6 Å². The molecule has 2 N–H and O–H groups in total. The average Bonchev–Trinajstić information content (AvgIpc) is 3.11. The highest BCUT2D eigenvalue weighted by atomic mass is 16.5. The molecule has 1 saturated carbocycles. The van der Waals surface area contributed by atoms with Gasteiger partial charge in [0.2, 0.25) is 5.91 Å². The van der Waals surface area contributed by atoms with Gasteiger partial charge in [-0.2, -0.15) is 0 Å². The molecule has 1 fully saturated rings. The molecule has 1 aliphatic rings. The van der Waals surface area contributed by atoms with E-state index in [1.165, 1.54) is 12.8 Å². The van der Waals surface area contributed by atoms with Gasteiger partial charge in [-0.05, 0) is 75.8 Å². The summed E-state index contributed by atoms with van der Waals surface area (Å²) in [5.74, 6) is 0.810. The molecule has 26 heavy (non-hydrogen) atoms. The maximum Gasteiger partial charge on any atom is 0.246 e. The highest BCUT2D eigenvalue weighted by molar-refractivity contribution is 5.96. The predicted octanol–water partition coefficient (Wildman–Crippen LogP) is 5.06. The van der Waals surface area contributed by atoms with Gasteiger partial charge in [0.05, 0.1) is 6.10 Å². The van der Waals surface area contributed by atoms with Crippen LogP contribution < -0.4 is 15.4 Å². The van der Waals surface area contributed by atoms with E-state index < -0.39 is 0 Å². The fraction of sp³-hybridized carbons (Fsp3) is 0.409. The number of anilines is 2. The number of aryl methyl sites for hydroxylation is 2. The Kier molecular flexibility index (Phi) is 5.82. The Morgan fingerprint density at radius 2 is 1.88 bits per heavy atom. The summed E-state index contributed by atoms with van der Waals surface area (Å²) in [7, 11) is 0. The van der Waals surface area contributed by atoms with Crippen LogP contribution in [0.3, 0.4) is 0 Å². The van der Waals surface area contributed by atoms with Crippen molar-refractivity contribution in [3.05, 3.63) is 53.6 Å². The van der Waals surface area contributed by atoms with Crippen molar-refractivity contribution in [1.82, 2.24) is 0 Å². The molecule has 1 amide bonds. The highest BCUT2D eigenvalue weighted by Gasteiger charge is 2.17. The normalized spacial score (nSPS) is 15.5. The molecule has 138 valence electrons. The zero-order chi connectivity index (χ0) is 18.5. The van der Waals surface area contributed by atoms with Crippen LogP contribution in [0.1, 0.15) is 43.7 Å². The highest BCUT2D eigenvalue weighted by Crippen LogP contribution is 2.26. The monoisotopic (exact) mass is 352 g/mol. The maximum atomic E-state index is 12.5. The SMILES string of the molecule is Cc1ccc(C)c(NC(=O)[C@@H](C)Nc2cccc(OC3CCCC3)c2)c1. The molecular weight excluding hydrogens is 324 g/mol. The van der Waals surface area contributed by atoms with Crippen LogP contribution in [0.4, 0.5) is 11.4 Å². The standard InChI is InChI=1S/C22H28N2O2/c1-15-11-12-16(2)21(13-15)24-22(25)17(3)23-18-7-6-10-20(14-18)26-19-8-4-5-9-19/h6-7,10-14,17,19,23H,4-5,8-9H2,1-3H3,(H,24,25)/t17-/m1/s1. The van der Waals surface area contributed by atoms with Gasteiger partial charge in [0, 0.05) is 17.4 Å². The number of benzene rings is 2. The number of hydrogen-bond donors (Lipinski definition) is 2. The number of amides is 1. The summed E-state index contributed by atoms with van der Waals surface area (Å²) in [6.07, 6.45) is 5.09. The molecule has 3 rings (SSSR count). The quantitative estimate of drug-likeness (QED) is 0.763. The first-order valence-corrected chi connectivity index (χ1v) is 9.42. The van der Waals surface area contributed by atoms with E-state index in [2.05, 4.69) is 10.6 Å². The van der Waals surface area contributed by atoms with E-state index in [0.717, 1.165) is 41.1 Å². The third kappa shape index (κ3) is 4.78. The second-order valence-electron chi connectivity index (χ2n) is 7.23. The lowest BCUT2D eigenvalue weighted by atomic mass is 10.1. The molecule has 1 aliphatic carbocycles. The van der Waals surface area contributed by atoms with Crippen LogP contribution in [0, 0.1) is 13.8 Å². The maximum absolute atomic E-state index is 12.5. The molecule has 4 nitrogen and oxygen atoms in total. The van der Waals surface area contributed by atoms with Gasteiger partial charge in [0.1, 0.15) is 11.8 Å². The Hall–Kier alpha value is -2.49. The smallest absolute Gasteiger partial charge is 0.246 e. The first-order valence-electron chi connectivity index (χ1n) is 9.42. The minimum atomic E-state index is -0.350.